The van der Waals surface area contributed by atoms with E-state index >= 15 is 0 Å². The predicted octanol–water partition coefficient (Wildman–Crippen LogP) is 2.84. The molecule has 0 saturated carbocycles. The highest BCUT2D eigenvalue weighted by atomic mass is 19.4. The molecule has 0 unspecified atom stereocenters. The molecule has 0 bridgehead atoms. The minimum atomic E-state index is -4.39. The molecule has 0 radical (unpaired) electrons. The number of halogens is 3. The fourth-order valence-corrected chi connectivity index (χ4v) is 0.988. The Morgan fingerprint density at radius 1 is 1.21 bits per heavy atom. The predicted molar refractivity (Wildman–Crippen MR) is 45.6 cm³/mol. The Balaban J connectivity index is 2.69. The second-order valence-electron chi connectivity index (χ2n) is 2.99. The lowest BCUT2D eigenvalue weighted by molar-refractivity contribution is -0.141. The SMILES string of the molecule is CCCCc1cnc(C(F)(F)F)cn1. The van der Waals surface area contributed by atoms with E-state index in [0.29, 0.717) is 12.1 Å². The van der Waals surface area contributed by atoms with Gasteiger partial charge in [0.15, 0.2) is 5.69 Å². The first kappa shape index (κ1) is 10.9. The van der Waals surface area contributed by atoms with Gasteiger partial charge < -0.3 is 0 Å². The molecule has 0 atom stereocenters. The summed E-state index contributed by atoms with van der Waals surface area (Å²) in [5.74, 6) is 0. The summed E-state index contributed by atoms with van der Waals surface area (Å²) in [6.45, 7) is 2.01. The van der Waals surface area contributed by atoms with Crippen molar-refractivity contribution in [2.24, 2.45) is 0 Å². The Labute approximate surface area is 80.2 Å². The molecule has 0 aliphatic carbocycles. The fraction of sp³-hybridized carbons (Fsp3) is 0.556. The van der Waals surface area contributed by atoms with Crippen molar-refractivity contribution in [1.82, 2.24) is 9.97 Å². The maximum Gasteiger partial charge on any atom is 0.434 e. The van der Waals surface area contributed by atoms with Crippen LogP contribution in [0.3, 0.4) is 0 Å². The molecule has 0 N–H and O–H groups in total. The van der Waals surface area contributed by atoms with Crippen LogP contribution in [-0.2, 0) is 12.6 Å². The third-order valence-corrected chi connectivity index (χ3v) is 1.78. The van der Waals surface area contributed by atoms with Crippen LogP contribution in [0.2, 0.25) is 0 Å². The van der Waals surface area contributed by atoms with E-state index in [0.717, 1.165) is 19.0 Å². The average molecular weight is 204 g/mol. The Bertz CT molecular complexity index is 279. The van der Waals surface area contributed by atoms with Gasteiger partial charge in [-0.2, -0.15) is 13.2 Å². The maximum absolute atomic E-state index is 12.1. The standard InChI is InChI=1S/C9H11F3N2/c1-2-3-4-7-5-14-8(6-13-7)9(10,11)12/h5-6H,2-4H2,1H3. The van der Waals surface area contributed by atoms with Gasteiger partial charge in [-0.25, -0.2) is 4.98 Å². The number of aromatic nitrogens is 2. The van der Waals surface area contributed by atoms with Crippen LogP contribution in [0, 0.1) is 0 Å². The van der Waals surface area contributed by atoms with Crippen molar-refractivity contribution >= 4 is 0 Å². The Kier molecular flexibility index (Phi) is 3.43. The third-order valence-electron chi connectivity index (χ3n) is 1.78. The topological polar surface area (TPSA) is 25.8 Å². The van der Waals surface area contributed by atoms with Crippen molar-refractivity contribution < 1.29 is 13.2 Å². The molecule has 0 aromatic carbocycles. The van der Waals surface area contributed by atoms with Crippen LogP contribution in [0.4, 0.5) is 13.2 Å². The summed E-state index contributed by atoms with van der Waals surface area (Å²) in [4.78, 5) is 7.02. The number of hydrogen-bond donors (Lipinski definition) is 0. The molecule has 0 aliphatic rings. The second kappa shape index (κ2) is 4.39. The largest absolute Gasteiger partial charge is 0.434 e. The van der Waals surface area contributed by atoms with Gasteiger partial charge in [0.05, 0.1) is 11.9 Å². The molecule has 1 aromatic heterocycles. The van der Waals surface area contributed by atoms with Crippen LogP contribution in [0.5, 0.6) is 0 Å². The number of alkyl halides is 3. The number of nitrogens with zero attached hydrogens (tertiary/aromatic N) is 2. The van der Waals surface area contributed by atoms with Gasteiger partial charge in [-0.05, 0) is 12.8 Å². The molecular weight excluding hydrogens is 193 g/mol. The lowest BCUT2D eigenvalue weighted by atomic mass is 10.2. The van der Waals surface area contributed by atoms with E-state index in [9.17, 15) is 13.2 Å². The molecule has 2 nitrogen and oxygen atoms in total. The van der Waals surface area contributed by atoms with Crippen molar-refractivity contribution in [3.05, 3.63) is 23.8 Å². The van der Waals surface area contributed by atoms with Gasteiger partial charge in [0.2, 0.25) is 0 Å². The van der Waals surface area contributed by atoms with Crippen LogP contribution >= 0.6 is 0 Å². The third kappa shape index (κ3) is 2.97. The number of rotatable bonds is 3. The molecule has 0 aliphatic heterocycles. The van der Waals surface area contributed by atoms with E-state index in [-0.39, 0.29) is 0 Å². The van der Waals surface area contributed by atoms with E-state index in [2.05, 4.69) is 9.97 Å². The molecule has 0 spiro atoms. The van der Waals surface area contributed by atoms with Crippen LogP contribution < -0.4 is 0 Å². The molecular formula is C9H11F3N2. The fourth-order valence-electron chi connectivity index (χ4n) is 0.988. The summed E-state index contributed by atoms with van der Waals surface area (Å²) in [7, 11) is 0. The van der Waals surface area contributed by atoms with Crippen molar-refractivity contribution in [2.75, 3.05) is 0 Å². The maximum atomic E-state index is 12.1. The summed E-state index contributed by atoms with van der Waals surface area (Å²) in [6, 6.07) is 0. The average Bonchev–Trinajstić information content (AvgIpc) is 2.14. The Morgan fingerprint density at radius 2 is 1.93 bits per heavy atom. The molecule has 0 fully saturated rings. The first-order valence-corrected chi connectivity index (χ1v) is 4.42. The zero-order chi connectivity index (χ0) is 10.6. The van der Waals surface area contributed by atoms with Crippen LogP contribution in [-0.4, -0.2) is 9.97 Å². The Morgan fingerprint density at radius 3 is 2.36 bits per heavy atom. The lowest BCUT2D eigenvalue weighted by Gasteiger charge is -2.05. The summed E-state index contributed by atoms with van der Waals surface area (Å²) in [5, 5.41) is 0. The minimum Gasteiger partial charge on any atom is -0.257 e. The van der Waals surface area contributed by atoms with E-state index in [4.69, 9.17) is 0 Å². The molecule has 1 heterocycles. The highest BCUT2D eigenvalue weighted by molar-refractivity contribution is 5.05. The monoisotopic (exact) mass is 204 g/mol. The van der Waals surface area contributed by atoms with Gasteiger partial charge >= 0.3 is 6.18 Å². The summed E-state index contributed by atoms with van der Waals surface area (Å²) >= 11 is 0. The number of hydrogen-bond acceptors (Lipinski definition) is 2. The molecule has 5 heteroatoms. The van der Waals surface area contributed by atoms with Crippen molar-refractivity contribution in [2.45, 2.75) is 32.4 Å². The van der Waals surface area contributed by atoms with E-state index < -0.39 is 11.9 Å². The van der Waals surface area contributed by atoms with Crippen molar-refractivity contribution in [3.8, 4) is 0 Å². The minimum absolute atomic E-state index is 0.611. The summed E-state index contributed by atoms with van der Waals surface area (Å²) in [6.07, 6.45) is 0.171. The van der Waals surface area contributed by atoms with E-state index in [1.165, 1.54) is 6.20 Å². The summed E-state index contributed by atoms with van der Waals surface area (Å²) in [5.41, 5.74) is -0.322. The molecule has 1 aromatic rings. The van der Waals surface area contributed by atoms with Gasteiger partial charge in [0.25, 0.3) is 0 Å². The van der Waals surface area contributed by atoms with Gasteiger partial charge in [-0.3, -0.25) is 4.98 Å². The van der Waals surface area contributed by atoms with Gasteiger partial charge in [-0.15, -0.1) is 0 Å². The zero-order valence-corrected chi connectivity index (χ0v) is 7.80. The molecule has 1 rings (SSSR count). The zero-order valence-electron chi connectivity index (χ0n) is 7.80. The first-order chi connectivity index (χ1) is 6.54. The van der Waals surface area contributed by atoms with E-state index in [1.54, 1.807) is 0 Å². The van der Waals surface area contributed by atoms with Crippen molar-refractivity contribution in [3.63, 3.8) is 0 Å². The molecule has 78 valence electrons. The highest BCUT2D eigenvalue weighted by Crippen LogP contribution is 2.26. The highest BCUT2D eigenvalue weighted by Gasteiger charge is 2.32. The van der Waals surface area contributed by atoms with Crippen LogP contribution in [0.15, 0.2) is 12.4 Å². The molecule has 0 saturated heterocycles. The lowest BCUT2D eigenvalue weighted by Crippen LogP contribution is -2.09. The number of unbranched alkanes of at least 4 members (excludes halogenated alkanes) is 1. The van der Waals surface area contributed by atoms with Crippen LogP contribution in [0.1, 0.15) is 31.2 Å². The Hall–Kier alpha value is -1.13. The van der Waals surface area contributed by atoms with E-state index in [1.807, 2.05) is 6.92 Å². The summed E-state index contributed by atoms with van der Waals surface area (Å²) < 4.78 is 36.2. The molecule has 14 heavy (non-hydrogen) atoms. The first-order valence-electron chi connectivity index (χ1n) is 4.42. The quantitative estimate of drug-likeness (QED) is 0.756. The van der Waals surface area contributed by atoms with Gasteiger partial charge in [0.1, 0.15) is 0 Å². The van der Waals surface area contributed by atoms with Gasteiger partial charge in [0, 0.05) is 6.20 Å². The smallest absolute Gasteiger partial charge is 0.257 e. The molecule has 0 amide bonds. The number of aryl methyl sites for hydroxylation is 1. The van der Waals surface area contributed by atoms with Crippen LogP contribution in [0.25, 0.3) is 0 Å². The van der Waals surface area contributed by atoms with Crippen molar-refractivity contribution in [1.29, 1.82) is 0 Å². The van der Waals surface area contributed by atoms with Gasteiger partial charge in [-0.1, -0.05) is 13.3 Å². The normalized spacial score (nSPS) is 11.7. The second-order valence-corrected chi connectivity index (χ2v) is 2.99.